The van der Waals surface area contributed by atoms with Crippen LogP contribution in [0.2, 0.25) is 0 Å². The van der Waals surface area contributed by atoms with Crippen LogP contribution in [0.3, 0.4) is 0 Å². The lowest BCUT2D eigenvalue weighted by Crippen LogP contribution is -2.39. The van der Waals surface area contributed by atoms with Gasteiger partial charge in [-0.25, -0.2) is 4.79 Å². The first-order chi connectivity index (χ1) is 12.0. The number of carbonyl (C=O) groups is 2. The maximum absolute atomic E-state index is 12.2. The molecule has 2 rings (SSSR count). The average molecular weight is 349 g/mol. The summed E-state index contributed by atoms with van der Waals surface area (Å²) in [7, 11) is 0. The zero-order chi connectivity index (χ0) is 18.2. The maximum atomic E-state index is 12.2. The van der Waals surface area contributed by atoms with E-state index in [2.05, 4.69) is 15.7 Å². The Kier molecular flexibility index (Phi) is 7.28. The van der Waals surface area contributed by atoms with Crippen LogP contribution >= 0.6 is 0 Å². The summed E-state index contributed by atoms with van der Waals surface area (Å²) in [5.74, 6) is 0.137. The van der Waals surface area contributed by atoms with Crippen molar-refractivity contribution in [1.82, 2.24) is 25.3 Å². The second-order valence-electron chi connectivity index (χ2n) is 6.62. The second kappa shape index (κ2) is 9.44. The van der Waals surface area contributed by atoms with E-state index in [4.69, 9.17) is 0 Å². The number of rotatable bonds is 6. The Morgan fingerprint density at radius 3 is 2.36 bits per heavy atom. The van der Waals surface area contributed by atoms with Gasteiger partial charge in [-0.2, -0.15) is 5.10 Å². The molecule has 1 fully saturated rings. The summed E-state index contributed by atoms with van der Waals surface area (Å²) in [6.45, 7) is 9.35. The van der Waals surface area contributed by atoms with Gasteiger partial charge in [-0.1, -0.05) is 12.8 Å². The summed E-state index contributed by atoms with van der Waals surface area (Å²) < 4.78 is 1.93. The van der Waals surface area contributed by atoms with E-state index >= 15 is 0 Å². The fourth-order valence-electron chi connectivity index (χ4n) is 3.29. The molecule has 1 aliphatic heterocycles. The smallest absolute Gasteiger partial charge is 0.315 e. The molecule has 0 atom stereocenters. The number of aryl methyl sites for hydroxylation is 2. The molecule has 2 heterocycles. The van der Waals surface area contributed by atoms with Crippen LogP contribution in [0.4, 0.5) is 4.79 Å². The molecule has 0 aromatic carbocycles. The zero-order valence-electron chi connectivity index (χ0n) is 15.7. The molecular weight excluding hydrogens is 318 g/mol. The molecule has 0 saturated carbocycles. The molecule has 1 aliphatic rings. The van der Waals surface area contributed by atoms with Gasteiger partial charge in [0.15, 0.2) is 0 Å². The molecular formula is C18H31N5O2. The van der Waals surface area contributed by atoms with Crippen LogP contribution in [-0.4, -0.2) is 46.3 Å². The molecule has 0 spiro atoms. The minimum absolute atomic E-state index is 0.137. The van der Waals surface area contributed by atoms with Crippen LogP contribution in [0.1, 0.15) is 56.0 Å². The molecule has 0 unspecified atom stereocenters. The van der Waals surface area contributed by atoms with Crippen molar-refractivity contribution >= 4 is 11.9 Å². The van der Waals surface area contributed by atoms with Crippen LogP contribution in [0.5, 0.6) is 0 Å². The highest BCUT2D eigenvalue weighted by molar-refractivity contribution is 5.78. The summed E-state index contributed by atoms with van der Waals surface area (Å²) in [5.41, 5.74) is 3.07. The number of hydrogen-bond acceptors (Lipinski definition) is 3. The Balaban J connectivity index is 1.70. The molecule has 2 N–H and O–H groups in total. The van der Waals surface area contributed by atoms with Gasteiger partial charge >= 0.3 is 6.03 Å². The zero-order valence-corrected chi connectivity index (χ0v) is 15.7. The van der Waals surface area contributed by atoms with Crippen molar-refractivity contribution in [3.05, 3.63) is 17.0 Å². The summed E-state index contributed by atoms with van der Waals surface area (Å²) in [5, 5.41) is 10.1. The predicted molar refractivity (Wildman–Crippen MR) is 97.3 cm³/mol. The van der Waals surface area contributed by atoms with Crippen molar-refractivity contribution in [2.75, 3.05) is 19.6 Å². The maximum Gasteiger partial charge on any atom is 0.315 e. The van der Waals surface area contributed by atoms with Crippen molar-refractivity contribution in [1.29, 1.82) is 0 Å². The number of carbonyl (C=O) groups excluding carboxylic acids is 2. The van der Waals surface area contributed by atoms with Crippen LogP contribution in [0.15, 0.2) is 0 Å². The van der Waals surface area contributed by atoms with Crippen molar-refractivity contribution in [2.24, 2.45) is 0 Å². The number of urea groups is 1. The molecule has 140 valence electrons. The lowest BCUT2D eigenvalue weighted by Gasteiger charge is -2.20. The third kappa shape index (κ3) is 5.47. The number of nitrogens with zero attached hydrogens (tertiary/aromatic N) is 3. The van der Waals surface area contributed by atoms with Gasteiger partial charge in [0.1, 0.15) is 0 Å². The Bertz CT molecular complexity index is 589. The number of likely N-dealkylation sites (tertiary alicyclic amines) is 1. The minimum atomic E-state index is -0.244. The van der Waals surface area contributed by atoms with Crippen LogP contribution in [-0.2, 0) is 17.9 Å². The molecule has 3 amide bonds. The van der Waals surface area contributed by atoms with Crippen molar-refractivity contribution in [3.63, 3.8) is 0 Å². The quantitative estimate of drug-likeness (QED) is 0.825. The SMILES string of the molecule is CCn1nc(C)c(CNC(=O)NCCC(=O)N2CCCCCC2)c1C. The van der Waals surface area contributed by atoms with Gasteiger partial charge in [-0.3, -0.25) is 9.48 Å². The molecule has 7 nitrogen and oxygen atoms in total. The molecule has 1 aromatic rings. The first kappa shape index (κ1) is 19.3. The number of aromatic nitrogens is 2. The number of amides is 3. The minimum Gasteiger partial charge on any atom is -0.343 e. The van der Waals surface area contributed by atoms with Gasteiger partial charge in [0, 0.05) is 50.4 Å². The fraction of sp³-hybridized carbons (Fsp3) is 0.722. The van der Waals surface area contributed by atoms with Crippen LogP contribution in [0.25, 0.3) is 0 Å². The normalized spacial score (nSPS) is 14.9. The standard InChI is InChI=1S/C18H31N5O2/c1-4-23-15(3)16(14(2)21-23)13-20-18(25)19-10-9-17(24)22-11-7-5-6-8-12-22/h4-13H2,1-3H3,(H2,19,20,25). The van der Waals surface area contributed by atoms with E-state index < -0.39 is 0 Å². The van der Waals surface area contributed by atoms with E-state index in [-0.39, 0.29) is 11.9 Å². The Hall–Kier alpha value is -2.05. The van der Waals surface area contributed by atoms with E-state index in [9.17, 15) is 9.59 Å². The fourth-order valence-corrected chi connectivity index (χ4v) is 3.29. The monoisotopic (exact) mass is 349 g/mol. The summed E-state index contributed by atoms with van der Waals surface area (Å²) in [6.07, 6.45) is 4.95. The van der Waals surface area contributed by atoms with Crippen LogP contribution in [0, 0.1) is 13.8 Å². The van der Waals surface area contributed by atoms with E-state index in [1.165, 1.54) is 12.8 Å². The summed E-state index contributed by atoms with van der Waals surface area (Å²) >= 11 is 0. The largest absolute Gasteiger partial charge is 0.343 e. The third-order valence-corrected chi connectivity index (χ3v) is 4.84. The Morgan fingerprint density at radius 2 is 1.76 bits per heavy atom. The van der Waals surface area contributed by atoms with Gasteiger partial charge in [0.05, 0.1) is 5.69 Å². The Labute approximate surface area is 150 Å². The van der Waals surface area contributed by atoms with Gasteiger partial charge in [0.2, 0.25) is 5.91 Å². The first-order valence-electron chi connectivity index (χ1n) is 9.35. The number of nitrogens with one attached hydrogen (secondary N) is 2. The molecule has 1 saturated heterocycles. The van der Waals surface area contributed by atoms with Crippen molar-refractivity contribution in [3.8, 4) is 0 Å². The molecule has 25 heavy (non-hydrogen) atoms. The summed E-state index contributed by atoms with van der Waals surface area (Å²) in [4.78, 5) is 26.1. The highest BCUT2D eigenvalue weighted by Crippen LogP contribution is 2.12. The van der Waals surface area contributed by atoms with Gasteiger partial charge in [0.25, 0.3) is 0 Å². The molecule has 0 aliphatic carbocycles. The molecule has 7 heteroatoms. The van der Waals surface area contributed by atoms with Crippen molar-refractivity contribution in [2.45, 2.75) is 66.0 Å². The number of hydrogen-bond donors (Lipinski definition) is 2. The Morgan fingerprint density at radius 1 is 1.08 bits per heavy atom. The van der Waals surface area contributed by atoms with E-state index in [0.717, 1.165) is 49.4 Å². The topological polar surface area (TPSA) is 79.3 Å². The summed E-state index contributed by atoms with van der Waals surface area (Å²) in [6, 6.07) is -0.244. The lowest BCUT2D eigenvalue weighted by molar-refractivity contribution is -0.131. The third-order valence-electron chi connectivity index (χ3n) is 4.84. The van der Waals surface area contributed by atoms with Crippen LogP contribution < -0.4 is 10.6 Å². The predicted octanol–water partition coefficient (Wildman–Crippen LogP) is 2.11. The molecule has 0 radical (unpaired) electrons. The highest BCUT2D eigenvalue weighted by Gasteiger charge is 2.15. The van der Waals surface area contributed by atoms with Crippen molar-refractivity contribution < 1.29 is 9.59 Å². The van der Waals surface area contributed by atoms with Gasteiger partial charge in [-0.05, 0) is 33.6 Å². The molecule has 0 bridgehead atoms. The van der Waals surface area contributed by atoms with E-state index in [1.54, 1.807) is 0 Å². The second-order valence-corrected chi connectivity index (χ2v) is 6.62. The molecule has 1 aromatic heterocycles. The van der Waals surface area contributed by atoms with Gasteiger partial charge in [-0.15, -0.1) is 0 Å². The van der Waals surface area contributed by atoms with E-state index in [1.807, 2.05) is 30.4 Å². The lowest BCUT2D eigenvalue weighted by atomic mass is 10.2. The van der Waals surface area contributed by atoms with E-state index in [0.29, 0.717) is 19.5 Å². The van der Waals surface area contributed by atoms with Gasteiger partial charge < -0.3 is 15.5 Å². The highest BCUT2D eigenvalue weighted by atomic mass is 16.2. The first-order valence-corrected chi connectivity index (χ1v) is 9.35. The average Bonchev–Trinajstić information content (AvgIpc) is 2.78.